The molecule has 1 heterocycles. The number of rotatable bonds is 7. The van der Waals surface area contributed by atoms with Crippen molar-refractivity contribution in [2.75, 3.05) is 26.4 Å². The molecular formula is C14H27NO3. The first-order chi connectivity index (χ1) is 8.85. The van der Waals surface area contributed by atoms with Gasteiger partial charge in [0.05, 0.1) is 24.9 Å². The minimum Gasteiger partial charge on any atom is -0.376 e. The summed E-state index contributed by atoms with van der Waals surface area (Å²) in [5.41, 5.74) is 0. The summed E-state index contributed by atoms with van der Waals surface area (Å²) in [6.45, 7) is 7.55. The lowest BCUT2D eigenvalue weighted by Gasteiger charge is -2.44. The highest BCUT2D eigenvalue weighted by Gasteiger charge is 2.42. The average Bonchev–Trinajstić information content (AvgIpc) is 2.40. The second kappa shape index (κ2) is 7.43. The molecule has 2 aliphatic rings. The van der Waals surface area contributed by atoms with Gasteiger partial charge in [-0.2, -0.15) is 0 Å². The van der Waals surface area contributed by atoms with Crippen LogP contribution in [0.5, 0.6) is 0 Å². The van der Waals surface area contributed by atoms with Gasteiger partial charge in [-0.3, -0.25) is 0 Å². The van der Waals surface area contributed by atoms with E-state index in [2.05, 4.69) is 12.2 Å². The molecular weight excluding hydrogens is 230 g/mol. The third-order valence-corrected chi connectivity index (χ3v) is 3.84. The minimum atomic E-state index is 0.221. The van der Waals surface area contributed by atoms with Crippen LogP contribution in [-0.2, 0) is 14.2 Å². The summed E-state index contributed by atoms with van der Waals surface area (Å²) in [5, 5.41) is 3.45. The molecule has 106 valence electrons. The van der Waals surface area contributed by atoms with E-state index in [1.807, 2.05) is 6.92 Å². The Balaban J connectivity index is 1.68. The Kier molecular flexibility index (Phi) is 5.89. The molecule has 18 heavy (non-hydrogen) atoms. The quantitative estimate of drug-likeness (QED) is 0.754. The molecule has 4 atom stereocenters. The van der Waals surface area contributed by atoms with Gasteiger partial charge >= 0.3 is 0 Å². The number of nitrogens with one attached hydrogen (secondary N) is 1. The van der Waals surface area contributed by atoms with E-state index < -0.39 is 0 Å². The predicted molar refractivity (Wildman–Crippen MR) is 70.8 cm³/mol. The molecule has 2 rings (SSSR count). The molecule has 4 heteroatoms. The normalized spacial score (nSPS) is 36.3. The first kappa shape index (κ1) is 14.3. The van der Waals surface area contributed by atoms with Crippen molar-refractivity contribution in [3.05, 3.63) is 0 Å². The van der Waals surface area contributed by atoms with Gasteiger partial charge in [0.1, 0.15) is 0 Å². The Morgan fingerprint density at radius 3 is 2.78 bits per heavy atom. The van der Waals surface area contributed by atoms with Crippen molar-refractivity contribution in [1.29, 1.82) is 0 Å². The zero-order chi connectivity index (χ0) is 12.8. The predicted octanol–water partition coefficient (Wildman–Crippen LogP) is 1.73. The molecule has 1 aliphatic carbocycles. The van der Waals surface area contributed by atoms with Crippen molar-refractivity contribution in [1.82, 2.24) is 5.32 Å². The van der Waals surface area contributed by atoms with Crippen LogP contribution >= 0.6 is 0 Å². The summed E-state index contributed by atoms with van der Waals surface area (Å²) in [7, 11) is 0. The third kappa shape index (κ3) is 3.67. The van der Waals surface area contributed by atoms with Gasteiger partial charge in [0, 0.05) is 19.3 Å². The maximum atomic E-state index is 5.97. The average molecular weight is 257 g/mol. The van der Waals surface area contributed by atoms with E-state index in [1.54, 1.807) is 0 Å². The molecule has 0 aromatic rings. The minimum absolute atomic E-state index is 0.221. The van der Waals surface area contributed by atoms with E-state index in [-0.39, 0.29) is 12.2 Å². The molecule has 1 aliphatic heterocycles. The van der Waals surface area contributed by atoms with Crippen LogP contribution in [0, 0.1) is 0 Å². The molecule has 0 amide bonds. The molecule has 1 saturated carbocycles. The van der Waals surface area contributed by atoms with Gasteiger partial charge in [0.25, 0.3) is 0 Å². The second-order valence-electron chi connectivity index (χ2n) is 5.18. The molecule has 4 nitrogen and oxygen atoms in total. The van der Waals surface area contributed by atoms with Gasteiger partial charge in [-0.25, -0.2) is 0 Å². The Morgan fingerprint density at radius 1 is 1.22 bits per heavy atom. The summed E-state index contributed by atoms with van der Waals surface area (Å²) >= 11 is 0. The topological polar surface area (TPSA) is 39.7 Å². The molecule has 1 N–H and O–H groups in total. The van der Waals surface area contributed by atoms with Crippen LogP contribution in [0.3, 0.4) is 0 Å². The lowest BCUT2D eigenvalue weighted by Crippen LogP contribution is -2.60. The second-order valence-corrected chi connectivity index (χ2v) is 5.18. The van der Waals surface area contributed by atoms with Crippen LogP contribution < -0.4 is 5.32 Å². The smallest absolute Gasteiger partial charge is 0.0990 e. The van der Waals surface area contributed by atoms with Gasteiger partial charge in [-0.15, -0.1) is 0 Å². The Labute approximate surface area is 110 Å². The highest BCUT2D eigenvalue weighted by molar-refractivity contribution is 4.97. The first-order valence-corrected chi connectivity index (χ1v) is 7.43. The summed E-state index contributed by atoms with van der Waals surface area (Å²) in [5.74, 6) is 0. The third-order valence-electron chi connectivity index (χ3n) is 3.84. The van der Waals surface area contributed by atoms with Gasteiger partial charge in [-0.05, 0) is 39.2 Å². The van der Waals surface area contributed by atoms with Crippen molar-refractivity contribution < 1.29 is 14.2 Å². The molecule has 4 unspecified atom stereocenters. The molecule has 0 spiro atoms. The molecule has 0 bridgehead atoms. The number of likely N-dealkylation sites (N-methyl/N-ethyl adjacent to an activating group) is 1. The fourth-order valence-corrected chi connectivity index (χ4v) is 2.79. The zero-order valence-electron chi connectivity index (χ0n) is 11.7. The van der Waals surface area contributed by atoms with Crippen molar-refractivity contribution >= 4 is 0 Å². The van der Waals surface area contributed by atoms with Crippen molar-refractivity contribution in [2.45, 2.75) is 63.9 Å². The van der Waals surface area contributed by atoms with Crippen LogP contribution in [0.1, 0.15) is 39.5 Å². The van der Waals surface area contributed by atoms with E-state index in [4.69, 9.17) is 14.2 Å². The summed E-state index contributed by atoms with van der Waals surface area (Å²) in [6.07, 6.45) is 5.45. The molecule has 0 radical (unpaired) electrons. The maximum absolute atomic E-state index is 5.97. The van der Waals surface area contributed by atoms with Crippen LogP contribution in [0.25, 0.3) is 0 Å². The van der Waals surface area contributed by atoms with Gasteiger partial charge in [0.2, 0.25) is 0 Å². The highest BCUT2D eigenvalue weighted by Crippen LogP contribution is 2.28. The number of ether oxygens (including phenoxy) is 3. The van der Waals surface area contributed by atoms with Crippen LogP contribution in [-0.4, -0.2) is 50.7 Å². The van der Waals surface area contributed by atoms with Crippen molar-refractivity contribution in [3.63, 3.8) is 0 Å². The number of hydrogen-bond donors (Lipinski definition) is 1. The molecule has 0 aromatic carbocycles. The fourth-order valence-electron chi connectivity index (χ4n) is 2.79. The summed E-state index contributed by atoms with van der Waals surface area (Å²) < 4.78 is 17.4. The fraction of sp³-hybridized carbons (Fsp3) is 1.00. The Bertz CT molecular complexity index is 231. The molecule has 2 fully saturated rings. The highest BCUT2D eigenvalue weighted by atomic mass is 16.6. The van der Waals surface area contributed by atoms with E-state index in [0.29, 0.717) is 12.1 Å². The van der Waals surface area contributed by atoms with E-state index in [1.165, 1.54) is 12.8 Å². The van der Waals surface area contributed by atoms with Gasteiger partial charge < -0.3 is 19.5 Å². The number of hydrogen-bond acceptors (Lipinski definition) is 4. The van der Waals surface area contributed by atoms with Gasteiger partial charge in [-0.1, -0.05) is 6.92 Å². The van der Waals surface area contributed by atoms with Crippen molar-refractivity contribution in [2.24, 2.45) is 0 Å². The molecule has 0 aromatic heterocycles. The largest absolute Gasteiger partial charge is 0.376 e. The lowest BCUT2D eigenvalue weighted by molar-refractivity contribution is -0.163. The molecule has 1 saturated heterocycles. The van der Waals surface area contributed by atoms with E-state index >= 15 is 0 Å². The van der Waals surface area contributed by atoms with Crippen molar-refractivity contribution in [3.8, 4) is 0 Å². The van der Waals surface area contributed by atoms with Gasteiger partial charge in [0.15, 0.2) is 0 Å². The zero-order valence-corrected chi connectivity index (χ0v) is 11.7. The standard InChI is InChI=1S/C14H27NO3/c1-3-15-12-9-13(14(12)16-4-2)18-10-11-7-5-6-8-17-11/h11-15H,3-10H2,1-2H3. The van der Waals surface area contributed by atoms with E-state index in [9.17, 15) is 0 Å². The lowest BCUT2D eigenvalue weighted by atomic mass is 9.85. The Morgan fingerprint density at radius 2 is 2.11 bits per heavy atom. The first-order valence-electron chi connectivity index (χ1n) is 7.43. The van der Waals surface area contributed by atoms with Crippen LogP contribution in [0.2, 0.25) is 0 Å². The Hall–Kier alpha value is -0.160. The maximum Gasteiger partial charge on any atom is 0.0990 e. The summed E-state index contributed by atoms with van der Waals surface area (Å²) in [4.78, 5) is 0. The monoisotopic (exact) mass is 257 g/mol. The van der Waals surface area contributed by atoms with E-state index in [0.717, 1.165) is 39.2 Å². The van der Waals surface area contributed by atoms with Crippen LogP contribution in [0.4, 0.5) is 0 Å². The van der Waals surface area contributed by atoms with Crippen LogP contribution in [0.15, 0.2) is 0 Å². The SMILES string of the molecule is CCNC1CC(OCC2CCCCO2)C1OCC. The summed E-state index contributed by atoms with van der Waals surface area (Å²) in [6, 6.07) is 0.465.